The zero-order valence-electron chi connectivity index (χ0n) is 8.16. The van der Waals surface area contributed by atoms with Crippen LogP contribution in [0.4, 0.5) is 0 Å². The first kappa shape index (κ1) is 13.5. The lowest BCUT2D eigenvalue weighted by Crippen LogP contribution is -2.10. The highest BCUT2D eigenvalue weighted by molar-refractivity contribution is 6.30. The highest BCUT2D eigenvalue weighted by Gasteiger charge is 2.05. The molecule has 14 heavy (non-hydrogen) atoms. The van der Waals surface area contributed by atoms with E-state index in [9.17, 15) is 0 Å². The van der Waals surface area contributed by atoms with Gasteiger partial charge in [-0.3, -0.25) is 0 Å². The second-order valence-electron chi connectivity index (χ2n) is 3.32. The molecular weight excluding hydrogens is 217 g/mol. The minimum atomic E-state index is 0. The van der Waals surface area contributed by atoms with Gasteiger partial charge in [0.05, 0.1) is 0 Å². The SMILES string of the molecule is C=C(C)C[C@H](N)c1cccc(Cl)c1.Cl. The topological polar surface area (TPSA) is 26.0 Å². The van der Waals surface area contributed by atoms with Gasteiger partial charge in [0.15, 0.2) is 0 Å². The number of nitrogens with two attached hydrogens (primary N) is 1. The van der Waals surface area contributed by atoms with Crippen LogP contribution in [0.2, 0.25) is 5.02 Å². The van der Waals surface area contributed by atoms with Gasteiger partial charge in [-0.25, -0.2) is 0 Å². The maximum atomic E-state index is 5.95. The summed E-state index contributed by atoms with van der Waals surface area (Å²) in [7, 11) is 0. The zero-order valence-corrected chi connectivity index (χ0v) is 9.74. The summed E-state index contributed by atoms with van der Waals surface area (Å²) in [6, 6.07) is 7.65. The third kappa shape index (κ3) is 4.14. The summed E-state index contributed by atoms with van der Waals surface area (Å²) in [6.07, 6.45) is 0.806. The van der Waals surface area contributed by atoms with Crippen LogP contribution in [-0.2, 0) is 0 Å². The molecule has 0 aliphatic carbocycles. The third-order valence-corrected chi connectivity index (χ3v) is 2.08. The average Bonchev–Trinajstić information content (AvgIpc) is 2.03. The average molecular weight is 232 g/mol. The summed E-state index contributed by atoms with van der Waals surface area (Å²) >= 11 is 5.85. The summed E-state index contributed by atoms with van der Waals surface area (Å²) in [5, 5.41) is 0.731. The van der Waals surface area contributed by atoms with E-state index in [1.54, 1.807) is 0 Å². The molecule has 0 saturated heterocycles. The smallest absolute Gasteiger partial charge is 0.0409 e. The van der Waals surface area contributed by atoms with Crippen LogP contribution < -0.4 is 5.73 Å². The predicted molar refractivity (Wildman–Crippen MR) is 65.1 cm³/mol. The fourth-order valence-corrected chi connectivity index (χ4v) is 1.43. The number of benzene rings is 1. The van der Waals surface area contributed by atoms with E-state index >= 15 is 0 Å². The van der Waals surface area contributed by atoms with Crippen molar-refractivity contribution in [1.82, 2.24) is 0 Å². The largest absolute Gasteiger partial charge is 0.324 e. The zero-order chi connectivity index (χ0) is 9.84. The van der Waals surface area contributed by atoms with Crippen LogP contribution in [-0.4, -0.2) is 0 Å². The van der Waals surface area contributed by atoms with E-state index in [-0.39, 0.29) is 18.4 Å². The van der Waals surface area contributed by atoms with Crippen molar-refractivity contribution < 1.29 is 0 Å². The van der Waals surface area contributed by atoms with Crippen LogP contribution in [0.3, 0.4) is 0 Å². The molecule has 0 aliphatic heterocycles. The highest BCUT2D eigenvalue weighted by Crippen LogP contribution is 2.20. The molecule has 0 radical (unpaired) electrons. The summed E-state index contributed by atoms with van der Waals surface area (Å²) in [5.41, 5.74) is 8.10. The summed E-state index contributed by atoms with van der Waals surface area (Å²) in [6.45, 7) is 5.81. The highest BCUT2D eigenvalue weighted by atomic mass is 35.5. The Hall–Kier alpha value is -0.500. The Morgan fingerprint density at radius 3 is 2.71 bits per heavy atom. The van der Waals surface area contributed by atoms with Crippen molar-refractivity contribution in [2.75, 3.05) is 0 Å². The standard InChI is InChI=1S/C11H14ClN.ClH/c1-8(2)6-11(13)9-4-3-5-10(12)7-9;/h3-5,7,11H,1,6,13H2,2H3;1H/t11-;/m0./s1. The molecule has 0 saturated carbocycles. The van der Waals surface area contributed by atoms with E-state index in [0.29, 0.717) is 0 Å². The molecule has 3 heteroatoms. The molecule has 0 fully saturated rings. The van der Waals surface area contributed by atoms with Crippen molar-refractivity contribution in [1.29, 1.82) is 0 Å². The number of hydrogen-bond donors (Lipinski definition) is 1. The lowest BCUT2D eigenvalue weighted by atomic mass is 10.0. The van der Waals surface area contributed by atoms with Crippen LogP contribution in [0.5, 0.6) is 0 Å². The molecule has 0 amide bonds. The molecular formula is C11H15Cl2N. The predicted octanol–water partition coefficient (Wildman–Crippen LogP) is 3.73. The van der Waals surface area contributed by atoms with Gasteiger partial charge >= 0.3 is 0 Å². The molecule has 1 aromatic carbocycles. The van der Waals surface area contributed by atoms with E-state index < -0.39 is 0 Å². The van der Waals surface area contributed by atoms with E-state index in [1.165, 1.54) is 0 Å². The molecule has 78 valence electrons. The molecule has 0 aliphatic rings. The fourth-order valence-electron chi connectivity index (χ4n) is 1.23. The Balaban J connectivity index is 0.00000169. The van der Waals surface area contributed by atoms with Gasteiger partial charge in [-0.05, 0) is 31.0 Å². The Labute approximate surface area is 96.4 Å². The molecule has 0 unspecified atom stereocenters. The normalized spacial score (nSPS) is 11.6. The first-order chi connectivity index (χ1) is 6.09. The lowest BCUT2D eigenvalue weighted by molar-refractivity contribution is 0.717. The third-order valence-electron chi connectivity index (χ3n) is 1.85. The molecule has 0 spiro atoms. The summed E-state index contributed by atoms with van der Waals surface area (Å²) < 4.78 is 0. The van der Waals surface area contributed by atoms with E-state index in [0.717, 1.165) is 22.6 Å². The van der Waals surface area contributed by atoms with Gasteiger partial charge in [-0.1, -0.05) is 29.3 Å². The summed E-state index contributed by atoms with van der Waals surface area (Å²) in [5.74, 6) is 0. The number of rotatable bonds is 3. The Morgan fingerprint density at radius 1 is 1.57 bits per heavy atom. The molecule has 1 atom stereocenters. The summed E-state index contributed by atoms with van der Waals surface area (Å²) in [4.78, 5) is 0. The quantitative estimate of drug-likeness (QED) is 0.789. The van der Waals surface area contributed by atoms with Gasteiger partial charge in [0.1, 0.15) is 0 Å². The van der Waals surface area contributed by atoms with Gasteiger partial charge in [-0.15, -0.1) is 19.0 Å². The molecule has 0 heterocycles. The molecule has 0 aromatic heterocycles. The van der Waals surface area contributed by atoms with Gasteiger partial charge < -0.3 is 5.73 Å². The molecule has 1 aromatic rings. The van der Waals surface area contributed by atoms with Gasteiger partial charge in [0.25, 0.3) is 0 Å². The van der Waals surface area contributed by atoms with Crippen molar-refractivity contribution in [3.05, 3.63) is 47.0 Å². The monoisotopic (exact) mass is 231 g/mol. The van der Waals surface area contributed by atoms with Crippen LogP contribution in [0.1, 0.15) is 24.9 Å². The molecule has 2 N–H and O–H groups in total. The first-order valence-electron chi connectivity index (χ1n) is 4.25. The van der Waals surface area contributed by atoms with Gasteiger partial charge in [0, 0.05) is 11.1 Å². The van der Waals surface area contributed by atoms with Crippen molar-refractivity contribution >= 4 is 24.0 Å². The Morgan fingerprint density at radius 2 is 2.21 bits per heavy atom. The van der Waals surface area contributed by atoms with E-state index in [2.05, 4.69) is 6.58 Å². The molecule has 1 rings (SSSR count). The maximum absolute atomic E-state index is 5.95. The second kappa shape index (κ2) is 6.07. The van der Waals surface area contributed by atoms with Crippen LogP contribution in [0.25, 0.3) is 0 Å². The van der Waals surface area contributed by atoms with Crippen LogP contribution in [0.15, 0.2) is 36.4 Å². The minimum Gasteiger partial charge on any atom is -0.324 e. The van der Waals surface area contributed by atoms with Crippen molar-refractivity contribution in [2.24, 2.45) is 5.73 Å². The van der Waals surface area contributed by atoms with Crippen molar-refractivity contribution in [3.8, 4) is 0 Å². The van der Waals surface area contributed by atoms with Crippen molar-refractivity contribution in [2.45, 2.75) is 19.4 Å². The Kier molecular flexibility index (Phi) is 5.86. The number of hydrogen-bond acceptors (Lipinski definition) is 1. The molecule has 0 bridgehead atoms. The van der Waals surface area contributed by atoms with Crippen LogP contribution in [0, 0.1) is 0 Å². The van der Waals surface area contributed by atoms with E-state index in [4.69, 9.17) is 17.3 Å². The van der Waals surface area contributed by atoms with Crippen molar-refractivity contribution in [3.63, 3.8) is 0 Å². The van der Waals surface area contributed by atoms with Gasteiger partial charge in [0.2, 0.25) is 0 Å². The maximum Gasteiger partial charge on any atom is 0.0409 e. The van der Waals surface area contributed by atoms with E-state index in [1.807, 2.05) is 31.2 Å². The lowest BCUT2D eigenvalue weighted by Gasteiger charge is -2.11. The minimum absolute atomic E-state index is 0. The number of halogens is 2. The Bertz CT molecular complexity index is 310. The second-order valence-corrected chi connectivity index (χ2v) is 3.76. The van der Waals surface area contributed by atoms with Gasteiger partial charge in [-0.2, -0.15) is 0 Å². The van der Waals surface area contributed by atoms with Crippen LogP contribution >= 0.6 is 24.0 Å². The molecule has 1 nitrogen and oxygen atoms in total. The fraction of sp³-hybridized carbons (Fsp3) is 0.273. The first-order valence-corrected chi connectivity index (χ1v) is 4.63.